The van der Waals surface area contributed by atoms with Crippen LogP contribution in [-0.4, -0.2) is 9.97 Å². The summed E-state index contributed by atoms with van der Waals surface area (Å²) in [7, 11) is 0. The van der Waals surface area contributed by atoms with Crippen LogP contribution in [0.5, 0.6) is 0 Å². The Morgan fingerprint density at radius 3 is 2.44 bits per heavy atom. The van der Waals surface area contributed by atoms with Crippen molar-refractivity contribution in [1.82, 2.24) is 9.97 Å². The minimum atomic E-state index is 0.0378. The van der Waals surface area contributed by atoms with Gasteiger partial charge >= 0.3 is 0 Å². The number of hydrogen-bond donors (Lipinski definition) is 1. The van der Waals surface area contributed by atoms with Gasteiger partial charge in [0.05, 0.1) is 5.41 Å². The maximum Gasteiger partial charge on any atom is 0.117 e. The Balaban J connectivity index is 2.16. The number of H-pyrrole nitrogens is 1. The molecule has 1 aromatic heterocycles. The van der Waals surface area contributed by atoms with E-state index in [1.807, 2.05) is 12.3 Å². The Labute approximate surface area is 112 Å². The Bertz CT molecular complexity index is 583. The molecule has 0 aliphatic heterocycles. The van der Waals surface area contributed by atoms with Crippen LogP contribution in [0, 0.1) is 4.64 Å². The monoisotopic (exact) mass is 256 g/mol. The highest BCUT2D eigenvalue weighted by Gasteiger charge is 2.39. The second kappa shape index (κ2) is 4.65. The summed E-state index contributed by atoms with van der Waals surface area (Å²) in [6.45, 7) is 0. The van der Waals surface area contributed by atoms with E-state index in [1.165, 1.54) is 18.4 Å². The molecule has 0 unspecified atom stereocenters. The number of aromatic amines is 1. The lowest BCUT2D eigenvalue weighted by atomic mass is 9.78. The first-order valence-corrected chi connectivity index (χ1v) is 6.83. The Morgan fingerprint density at radius 1 is 1.06 bits per heavy atom. The topological polar surface area (TPSA) is 28.7 Å². The fourth-order valence-electron chi connectivity index (χ4n) is 3.01. The van der Waals surface area contributed by atoms with E-state index in [1.54, 1.807) is 0 Å². The van der Waals surface area contributed by atoms with Crippen molar-refractivity contribution < 1.29 is 0 Å². The average Bonchev–Trinajstić information content (AvgIpc) is 2.90. The molecule has 1 heterocycles. The minimum absolute atomic E-state index is 0.0378. The summed E-state index contributed by atoms with van der Waals surface area (Å²) in [5.41, 5.74) is 1.39. The van der Waals surface area contributed by atoms with Crippen LogP contribution in [-0.2, 0) is 5.41 Å². The maximum atomic E-state index is 5.24. The summed E-state index contributed by atoms with van der Waals surface area (Å²) >= 11 is 5.24. The molecule has 0 saturated heterocycles. The van der Waals surface area contributed by atoms with E-state index in [-0.39, 0.29) is 5.41 Å². The second-order valence-electron chi connectivity index (χ2n) is 4.94. The third-order valence-electron chi connectivity index (χ3n) is 3.91. The number of aromatic nitrogens is 2. The zero-order valence-corrected chi connectivity index (χ0v) is 11.0. The third-order valence-corrected chi connectivity index (χ3v) is 4.15. The summed E-state index contributed by atoms with van der Waals surface area (Å²) in [6.07, 6.45) is 6.63. The maximum absolute atomic E-state index is 5.24. The van der Waals surface area contributed by atoms with Crippen molar-refractivity contribution in [3.63, 3.8) is 0 Å². The van der Waals surface area contributed by atoms with Crippen molar-refractivity contribution in [3.8, 4) is 0 Å². The number of rotatable bonds is 2. The predicted molar refractivity (Wildman–Crippen MR) is 75.1 cm³/mol. The van der Waals surface area contributed by atoms with E-state index >= 15 is 0 Å². The van der Waals surface area contributed by atoms with Crippen molar-refractivity contribution in [2.75, 3.05) is 0 Å². The van der Waals surface area contributed by atoms with Crippen LogP contribution in [0.1, 0.15) is 37.1 Å². The molecule has 92 valence electrons. The van der Waals surface area contributed by atoms with Crippen LogP contribution in [0.25, 0.3) is 0 Å². The summed E-state index contributed by atoms with van der Waals surface area (Å²) in [6, 6.07) is 12.5. The molecule has 0 radical (unpaired) electrons. The molecule has 1 N–H and O–H groups in total. The van der Waals surface area contributed by atoms with Crippen LogP contribution in [0.15, 0.2) is 42.6 Å². The minimum Gasteiger partial charge on any atom is -0.334 e. The van der Waals surface area contributed by atoms with Gasteiger partial charge in [-0.15, -0.1) is 0 Å². The number of nitrogens with one attached hydrogen (secondary N) is 1. The Kier molecular flexibility index (Phi) is 3.00. The third kappa shape index (κ3) is 1.89. The molecule has 1 aliphatic carbocycles. The molecule has 1 fully saturated rings. The highest BCUT2D eigenvalue weighted by Crippen LogP contribution is 2.44. The first kappa shape index (κ1) is 11.6. The fourth-order valence-corrected chi connectivity index (χ4v) is 3.17. The van der Waals surface area contributed by atoms with Gasteiger partial charge in [-0.2, -0.15) is 0 Å². The van der Waals surface area contributed by atoms with Crippen molar-refractivity contribution in [2.24, 2.45) is 0 Å². The van der Waals surface area contributed by atoms with E-state index in [0.717, 1.165) is 23.3 Å². The van der Waals surface area contributed by atoms with E-state index < -0.39 is 0 Å². The fraction of sp³-hybridized carbons (Fsp3) is 0.333. The molecule has 1 aliphatic rings. The zero-order chi connectivity index (χ0) is 12.4. The molecule has 2 aromatic rings. The van der Waals surface area contributed by atoms with Gasteiger partial charge in [-0.1, -0.05) is 55.4 Å². The lowest BCUT2D eigenvalue weighted by Crippen LogP contribution is -2.26. The zero-order valence-electron chi connectivity index (χ0n) is 10.2. The largest absolute Gasteiger partial charge is 0.334 e. The number of hydrogen-bond acceptors (Lipinski definition) is 2. The highest BCUT2D eigenvalue weighted by atomic mass is 32.1. The van der Waals surface area contributed by atoms with E-state index in [4.69, 9.17) is 12.2 Å². The predicted octanol–water partition coefficient (Wildman–Crippen LogP) is 4.00. The van der Waals surface area contributed by atoms with Crippen LogP contribution in [0.4, 0.5) is 0 Å². The molecule has 3 heteroatoms. The van der Waals surface area contributed by atoms with Crippen LogP contribution >= 0.6 is 12.2 Å². The summed E-state index contributed by atoms with van der Waals surface area (Å²) in [4.78, 5) is 7.84. The van der Waals surface area contributed by atoms with Crippen LogP contribution in [0.2, 0.25) is 0 Å². The molecular weight excluding hydrogens is 240 g/mol. The lowest BCUT2D eigenvalue weighted by molar-refractivity contribution is 0.498. The number of nitrogens with zero attached hydrogens (tertiary/aromatic N) is 1. The van der Waals surface area contributed by atoms with Gasteiger partial charge in [0.25, 0.3) is 0 Å². The van der Waals surface area contributed by atoms with Crippen LogP contribution < -0.4 is 0 Å². The van der Waals surface area contributed by atoms with Crippen molar-refractivity contribution >= 4 is 12.2 Å². The molecule has 1 aromatic carbocycles. The van der Waals surface area contributed by atoms with Gasteiger partial charge in [0.1, 0.15) is 10.5 Å². The first-order valence-electron chi connectivity index (χ1n) is 6.43. The van der Waals surface area contributed by atoms with Crippen molar-refractivity contribution in [1.29, 1.82) is 0 Å². The normalized spacial score (nSPS) is 17.8. The lowest BCUT2D eigenvalue weighted by Gasteiger charge is -2.28. The van der Waals surface area contributed by atoms with Gasteiger partial charge < -0.3 is 4.98 Å². The quantitative estimate of drug-likeness (QED) is 0.823. The van der Waals surface area contributed by atoms with Gasteiger partial charge in [-0.25, -0.2) is 4.98 Å². The van der Waals surface area contributed by atoms with Gasteiger partial charge in [0.2, 0.25) is 0 Å². The smallest absolute Gasteiger partial charge is 0.117 e. The van der Waals surface area contributed by atoms with Gasteiger partial charge in [0.15, 0.2) is 0 Å². The summed E-state index contributed by atoms with van der Waals surface area (Å²) < 4.78 is 0.766. The molecule has 18 heavy (non-hydrogen) atoms. The summed E-state index contributed by atoms with van der Waals surface area (Å²) in [5, 5.41) is 0. The average molecular weight is 256 g/mol. The van der Waals surface area contributed by atoms with Crippen LogP contribution in [0.3, 0.4) is 0 Å². The van der Waals surface area contributed by atoms with E-state index in [9.17, 15) is 0 Å². The molecule has 0 spiro atoms. The van der Waals surface area contributed by atoms with E-state index in [2.05, 4.69) is 40.3 Å². The van der Waals surface area contributed by atoms with Gasteiger partial charge in [0, 0.05) is 6.20 Å². The molecule has 1 saturated carbocycles. The molecule has 0 bridgehead atoms. The molecule has 2 nitrogen and oxygen atoms in total. The molecular formula is C15H16N2S. The first-order chi connectivity index (χ1) is 8.81. The SMILES string of the molecule is S=c1ccnc(C2(c3ccccc3)CCCC2)[nH]1. The van der Waals surface area contributed by atoms with Gasteiger partial charge in [-0.05, 0) is 24.5 Å². The second-order valence-corrected chi connectivity index (χ2v) is 5.38. The highest BCUT2D eigenvalue weighted by molar-refractivity contribution is 7.71. The number of benzene rings is 1. The Morgan fingerprint density at radius 2 is 1.78 bits per heavy atom. The van der Waals surface area contributed by atoms with Crippen molar-refractivity contribution in [3.05, 3.63) is 58.6 Å². The van der Waals surface area contributed by atoms with Gasteiger partial charge in [-0.3, -0.25) is 0 Å². The Hall–Kier alpha value is -1.48. The molecule has 3 rings (SSSR count). The van der Waals surface area contributed by atoms with E-state index in [0.29, 0.717) is 0 Å². The molecule has 0 amide bonds. The summed E-state index contributed by atoms with van der Waals surface area (Å²) in [5.74, 6) is 1.03. The molecule has 0 atom stereocenters. The standard InChI is InChI=1S/C15H16N2S/c18-13-8-11-16-14(17-13)15(9-4-5-10-15)12-6-2-1-3-7-12/h1-3,6-8,11H,4-5,9-10H2,(H,16,17,18). The van der Waals surface area contributed by atoms with Crippen molar-refractivity contribution in [2.45, 2.75) is 31.1 Å².